The Bertz CT molecular complexity index is 1350. The first-order chi connectivity index (χ1) is 18.0. The molecule has 3 N–H and O–H groups in total. The minimum absolute atomic E-state index is 0.0250. The van der Waals surface area contributed by atoms with Crippen molar-refractivity contribution in [2.24, 2.45) is 0 Å². The molecule has 4 rings (SSSR count). The number of hydroxylamine groups is 1. The van der Waals surface area contributed by atoms with Crippen molar-refractivity contribution in [3.63, 3.8) is 0 Å². The number of ether oxygens (including phenoxy) is 3. The van der Waals surface area contributed by atoms with Gasteiger partial charge in [0.05, 0.1) is 38.0 Å². The molecule has 0 atom stereocenters. The molecule has 192 valence electrons. The Kier molecular flexibility index (Phi) is 8.68. The van der Waals surface area contributed by atoms with E-state index in [1.54, 1.807) is 5.48 Å². The normalized spacial score (nSPS) is 10.9. The Hall–Kier alpha value is -3.98. The fraction of sp³-hybridized carbons (Fsp3) is 0.241. The van der Waals surface area contributed by atoms with E-state index in [1.807, 2.05) is 73.7 Å². The van der Waals surface area contributed by atoms with Crippen molar-refractivity contribution in [2.45, 2.75) is 13.3 Å². The lowest BCUT2D eigenvalue weighted by atomic mass is 9.98. The van der Waals surface area contributed by atoms with Crippen LogP contribution >= 0.6 is 0 Å². The van der Waals surface area contributed by atoms with Crippen molar-refractivity contribution in [1.82, 2.24) is 10.5 Å². The second-order valence-electron chi connectivity index (χ2n) is 8.47. The summed E-state index contributed by atoms with van der Waals surface area (Å²) < 4.78 is 16.6. The fourth-order valence-electron chi connectivity index (χ4n) is 4.12. The maximum Gasteiger partial charge on any atom is 0.279 e. The molecule has 3 aromatic carbocycles. The average Bonchev–Trinajstić information content (AvgIpc) is 2.94. The van der Waals surface area contributed by atoms with Crippen LogP contribution in [0.1, 0.15) is 22.3 Å². The molecule has 0 saturated carbocycles. The minimum atomic E-state index is -0.660. The zero-order valence-electron chi connectivity index (χ0n) is 20.9. The first-order valence-electron chi connectivity index (χ1n) is 12.0. The summed E-state index contributed by atoms with van der Waals surface area (Å²) in [4.78, 5) is 17.4. The monoisotopic (exact) mass is 502 g/mol. The SMILES string of the molecule is COc1c(-c2ccc(-c3ccc(OCCCOCCO)cc3)cc2)nc2ccc(C)cc2c1C(=O)NO. The summed E-state index contributed by atoms with van der Waals surface area (Å²) in [5, 5.41) is 18.7. The van der Waals surface area contributed by atoms with E-state index in [1.165, 1.54) is 7.11 Å². The van der Waals surface area contributed by atoms with Gasteiger partial charge in [-0.1, -0.05) is 48.0 Å². The Morgan fingerprint density at radius 3 is 2.24 bits per heavy atom. The highest BCUT2D eigenvalue weighted by atomic mass is 16.5. The largest absolute Gasteiger partial charge is 0.494 e. The van der Waals surface area contributed by atoms with Gasteiger partial charge in [-0.05, 0) is 42.3 Å². The summed E-state index contributed by atoms with van der Waals surface area (Å²) in [6.07, 6.45) is 0.747. The van der Waals surface area contributed by atoms with Crippen LogP contribution in [0.2, 0.25) is 0 Å². The highest BCUT2D eigenvalue weighted by Gasteiger charge is 2.22. The zero-order valence-corrected chi connectivity index (χ0v) is 20.9. The summed E-state index contributed by atoms with van der Waals surface area (Å²) >= 11 is 0. The molecule has 0 spiro atoms. The number of fused-ring (bicyclic) bond motifs is 1. The zero-order chi connectivity index (χ0) is 26.2. The summed E-state index contributed by atoms with van der Waals surface area (Å²) in [5.74, 6) is 0.408. The maximum atomic E-state index is 12.6. The van der Waals surface area contributed by atoms with Crippen LogP contribution in [-0.4, -0.2) is 54.7 Å². The Balaban J connectivity index is 1.57. The molecule has 4 aromatic rings. The van der Waals surface area contributed by atoms with Crippen LogP contribution < -0.4 is 15.0 Å². The van der Waals surface area contributed by atoms with E-state index >= 15 is 0 Å². The van der Waals surface area contributed by atoms with E-state index in [-0.39, 0.29) is 12.2 Å². The number of aliphatic hydroxyl groups is 1. The van der Waals surface area contributed by atoms with Crippen LogP contribution in [0, 0.1) is 6.92 Å². The van der Waals surface area contributed by atoms with Gasteiger partial charge in [0, 0.05) is 24.0 Å². The molecular weight excluding hydrogens is 472 g/mol. The lowest BCUT2D eigenvalue weighted by molar-refractivity contribution is 0.0705. The van der Waals surface area contributed by atoms with Crippen molar-refractivity contribution >= 4 is 16.8 Å². The molecule has 0 aliphatic rings. The number of hydrogen-bond acceptors (Lipinski definition) is 7. The second kappa shape index (κ2) is 12.3. The number of nitrogens with one attached hydrogen (secondary N) is 1. The summed E-state index contributed by atoms with van der Waals surface area (Å²) in [6, 6.07) is 21.3. The molecular formula is C29H30N2O6. The minimum Gasteiger partial charge on any atom is -0.494 e. The number of aliphatic hydroxyl groups excluding tert-OH is 1. The van der Waals surface area contributed by atoms with Crippen LogP contribution in [-0.2, 0) is 4.74 Å². The van der Waals surface area contributed by atoms with Gasteiger partial charge in [-0.15, -0.1) is 0 Å². The summed E-state index contributed by atoms with van der Waals surface area (Å²) in [6.45, 7) is 3.38. The number of carbonyl (C=O) groups excluding carboxylic acids is 1. The van der Waals surface area contributed by atoms with Crippen molar-refractivity contribution in [2.75, 3.05) is 33.5 Å². The number of rotatable bonds is 11. The third-order valence-corrected chi connectivity index (χ3v) is 5.91. The summed E-state index contributed by atoms with van der Waals surface area (Å²) in [5.41, 5.74) is 6.87. The number of benzene rings is 3. The Morgan fingerprint density at radius 2 is 1.59 bits per heavy atom. The van der Waals surface area contributed by atoms with Crippen molar-refractivity contribution < 1.29 is 29.3 Å². The van der Waals surface area contributed by atoms with E-state index in [0.717, 1.165) is 34.4 Å². The van der Waals surface area contributed by atoms with Crippen molar-refractivity contribution in [3.05, 3.63) is 77.9 Å². The maximum absolute atomic E-state index is 12.6. The van der Waals surface area contributed by atoms with Crippen LogP contribution in [0.15, 0.2) is 66.7 Å². The van der Waals surface area contributed by atoms with Gasteiger partial charge in [0.25, 0.3) is 5.91 Å². The van der Waals surface area contributed by atoms with E-state index in [9.17, 15) is 10.0 Å². The second-order valence-corrected chi connectivity index (χ2v) is 8.47. The number of amides is 1. The third-order valence-electron chi connectivity index (χ3n) is 5.91. The molecule has 0 saturated heterocycles. The number of nitrogens with zero attached hydrogens (tertiary/aromatic N) is 1. The lowest BCUT2D eigenvalue weighted by Crippen LogP contribution is -2.20. The van der Waals surface area contributed by atoms with Gasteiger partial charge in [0.15, 0.2) is 5.75 Å². The number of methoxy groups -OCH3 is 1. The van der Waals surface area contributed by atoms with Crippen LogP contribution in [0.3, 0.4) is 0 Å². The number of carbonyl (C=O) groups is 1. The third kappa shape index (κ3) is 6.06. The molecule has 0 unspecified atom stereocenters. The molecule has 0 bridgehead atoms. The predicted molar refractivity (Wildman–Crippen MR) is 141 cm³/mol. The fourth-order valence-corrected chi connectivity index (χ4v) is 4.12. The molecule has 37 heavy (non-hydrogen) atoms. The smallest absolute Gasteiger partial charge is 0.279 e. The van der Waals surface area contributed by atoms with E-state index in [0.29, 0.717) is 42.2 Å². The lowest BCUT2D eigenvalue weighted by Gasteiger charge is -2.16. The molecule has 0 fully saturated rings. The predicted octanol–water partition coefficient (Wildman–Crippen LogP) is 4.78. The molecule has 1 amide bonds. The number of hydrogen-bond donors (Lipinski definition) is 3. The first-order valence-corrected chi connectivity index (χ1v) is 12.0. The van der Waals surface area contributed by atoms with Gasteiger partial charge in [-0.25, -0.2) is 10.5 Å². The first kappa shape index (κ1) is 26.1. The molecule has 1 heterocycles. The van der Waals surface area contributed by atoms with Gasteiger partial charge in [-0.3, -0.25) is 10.0 Å². The molecule has 0 aliphatic carbocycles. The Morgan fingerprint density at radius 1 is 0.919 bits per heavy atom. The van der Waals surface area contributed by atoms with Gasteiger partial charge in [-0.2, -0.15) is 0 Å². The molecule has 8 nitrogen and oxygen atoms in total. The number of aromatic nitrogens is 1. The van der Waals surface area contributed by atoms with Crippen LogP contribution in [0.25, 0.3) is 33.3 Å². The van der Waals surface area contributed by atoms with Gasteiger partial charge < -0.3 is 19.3 Å². The molecule has 0 radical (unpaired) electrons. The van der Waals surface area contributed by atoms with Gasteiger partial charge in [0.1, 0.15) is 11.4 Å². The van der Waals surface area contributed by atoms with Gasteiger partial charge in [0.2, 0.25) is 0 Å². The van der Waals surface area contributed by atoms with E-state index in [2.05, 4.69) is 0 Å². The van der Waals surface area contributed by atoms with E-state index < -0.39 is 5.91 Å². The highest BCUT2D eigenvalue weighted by molar-refractivity contribution is 6.10. The van der Waals surface area contributed by atoms with Crippen LogP contribution in [0.4, 0.5) is 0 Å². The standard InChI is InChI=1S/C29H30N2O6/c1-19-4-13-25-24(18-19)26(29(33)31-34)28(35-2)27(30-25)22-7-5-20(6-8-22)21-9-11-23(12-10-21)37-16-3-15-36-17-14-32/h4-13,18,32,34H,3,14-17H2,1-2H3,(H,31,33). The number of pyridine rings is 1. The molecule has 0 aliphatic heterocycles. The van der Waals surface area contributed by atoms with E-state index in [4.69, 9.17) is 24.3 Å². The molecule has 1 aromatic heterocycles. The summed E-state index contributed by atoms with van der Waals surface area (Å²) in [7, 11) is 1.48. The van der Waals surface area contributed by atoms with Crippen LogP contribution in [0.5, 0.6) is 11.5 Å². The topological polar surface area (TPSA) is 110 Å². The van der Waals surface area contributed by atoms with Gasteiger partial charge >= 0.3 is 0 Å². The van der Waals surface area contributed by atoms with Crippen molar-refractivity contribution in [1.29, 1.82) is 0 Å². The molecule has 8 heteroatoms. The van der Waals surface area contributed by atoms with Crippen molar-refractivity contribution in [3.8, 4) is 33.9 Å². The Labute approximate surface area is 215 Å². The number of aryl methyl sites for hydroxylation is 1. The quantitative estimate of drug-likeness (QED) is 0.154. The highest BCUT2D eigenvalue weighted by Crippen LogP contribution is 2.37. The average molecular weight is 503 g/mol.